The smallest absolute Gasteiger partial charge is 0.146 e. The number of nitrogens with zero attached hydrogens (tertiary/aromatic N) is 1. The van der Waals surface area contributed by atoms with Gasteiger partial charge in [0.25, 0.3) is 0 Å². The molecule has 1 aliphatic heterocycles. The fourth-order valence-electron chi connectivity index (χ4n) is 3.45. The van der Waals surface area contributed by atoms with Crippen LogP contribution in [0, 0.1) is 0 Å². The first-order chi connectivity index (χ1) is 14.8. The van der Waals surface area contributed by atoms with Gasteiger partial charge < -0.3 is 19.4 Å². The van der Waals surface area contributed by atoms with Crippen molar-refractivity contribution in [3.63, 3.8) is 0 Å². The Kier molecular flexibility index (Phi) is 8.19. The van der Waals surface area contributed by atoms with Gasteiger partial charge in [-0.05, 0) is 68.2 Å². The number of unbranched alkanes of at least 4 members (excludes halogenated alkanes) is 2. The van der Waals surface area contributed by atoms with Crippen molar-refractivity contribution in [3.05, 3.63) is 95.4 Å². The molecular formula is C25H28ClN3O2. The van der Waals surface area contributed by atoms with Gasteiger partial charge in [-0.15, -0.1) is 12.4 Å². The lowest BCUT2D eigenvalue weighted by Crippen LogP contribution is -1.97. The van der Waals surface area contributed by atoms with Crippen LogP contribution in [0.4, 0.5) is 0 Å². The number of aryl methyl sites for hydroxylation is 1. The molecule has 0 bridgehead atoms. The van der Waals surface area contributed by atoms with E-state index in [1.54, 1.807) is 7.11 Å². The van der Waals surface area contributed by atoms with Crippen molar-refractivity contribution in [3.8, 4) is 5.75 Å². The van der Waals surface area contributed by atoms with E-state index >= 15 is 0 Å². The molecule has 1 aromatic carbocycles. The fraction of sp³-hybridized carbons (Fsp3) is 0.240. The molecule has 31 heavy (non-hydrogen) atoms. The number of ether oxygens (including phenoxy) is 2. The molecule has 0 saturated heterocycles. The fourth-order valence-corrected chi connectivity index (χ4v) is 3.45. The Morgan fingerprint density at radius 3 is 2.61 bits per heavy atom. The van der Waals surface area contributed by atoms with Crippen molar-refractivity contribution in [1.29, 1.82) is 0 Å². The summed E-state index contributed by atoms with van der Waals surface area (Å²) in [5, 5.41) is 0. The maximum Gasteiger partial charge on any atom is 0.146 e. The zero-order chi connectivity index (χ0) is 20.6. The quantitative estimate of drug-likeness (QED) is 0.386. The third-order valence-electron chi connectivity index (χ3n) is 5.02. The van der Waals surface area contributed by atoms with Gasteiger partial charge in [-0.2, -0.15) is 0 Å². The van der Waals surface area contributed by atoms with Gasteiger partial charge in [0.1, 0.15) is 17.2 Å². The van der Waals surface area contributed by atoms with E-state index in [0.717, 1.165) is 66.6 Å². The van der Waals surface area contributed by atoms with Crippen molar-refractivity contribution < 1.29 is 9.47 Å². The van der Waals surface area contributed by atoms with Gasteiger partial charge in [0.05, 0.1) is 25.1 Å². The molecule has 0 amide bonds. The standard InChI is InChI=1S/C25H27N3O2.ClH/c1-29-25-18-23(22-12-8-15-26-22)28-24(25)17-20-14-13-19(27-20)9-4-3-7-16-30-21-10-5-2-6-11-21;/h2,5-6,8,10-15,17-18,26-27H,3-4,7,9,16H2,1H3;1H. The van der Waals surface area contributed by atoms with Crippen LogP contribution in [-0.2, 0) is 11.2 Å². The highest BCUT2D eigenvalue weighted by atomic mass is 35.5. The first-order valence-corrected chi connectivity index (χ1v) is 10.4. The van der Waals surface area contributed by atoms with Gasteiger partial charge in [0, 0.05) is 23.7 Å². The Labute approximate surface area is 189 Å². The van der Waals surface area contributed by atoms with Crippen molar-refractivity contribution in [2.75, 3.05) is 13.7 Å². The van der Waals surface area contributed by atoms with Crippen molar-refractivity contribution in [2.45, 2.75) is 25.7 Å². The van der Waals surface area contributed by atoms with Crippen molar-refractivity contribution in [2.24, 2.45) is 4.99 Å². The second kappa shape index (κ2) is 11.3. The van der Waals surface area contributed by atoms with Gasteiger partial charge in [0.15, 0.2) is 0 Å². The summed E-state index contributed by atoms with van der Waals surface area (Å²) in [5.41, 5.74) is 4.96. The minimum Gasteiger partial charge on any atom is -0.494 e. The number of rotatable bonds is 10. The van der Waals surface area contributed by atoms with Crippen LogP contribution in [0.3, 0.4) is 0 Å². The summed E-state index contributed by atoms with van der Waals surface area (Å²) in [4.78, 5) is 11.4. The van der Waals surface area contributed by atoms with Crippen LogP contribution < -0.4 is 4.74 Å². The van der Waals surface area contributed by atoms with E-state index in [2.05, 4.69) is 22.1 Å². The largest absolute Gasteiger partial charge is 0.494 e. The Morgan fingerprint density at radius 1 is 0.968 bits per heavy atom. The molecule has 0 fully saturated rings. The van der Waals surface area contributed by atoms with Crippen LogP contribution >= 0.6 is 12.4 Å². The third kappa shape index (κ3) is 6.15. The zero-order valence-corrected chi connectivity index (χ0v) is 18.5. The molecule has 0 radical (unpaired) electrons. The highest BCUT2D eigenvalue weighted by molar-refractivity contribution is 6.11. The SMILES string of the molecule is COC1=CC(c2ccc[nH]2)=NC1=Cc1ccc(CCCCCOc2ccccc2)[nH]1.Cl. The number of aromatic nitrogens is 2. The lowest BCUT2D eigenvalue weighted by molar-refractivity contribution is 0.303. The summed E-state index contributed by atoms with van der Waals surface area (Å²) in [6.07, 6.45) is 10.2. The number of para-hydroxylation sites is 1. The maximum absolute atomic E-state index is 5.75. The highest BCUT2D eigenvalue weighted by Crippen LogP contribution is 2.24. The van der Waals surface area contributed by atoms with Crippen LogP contribution in [-0.4, -0.2) is 29.4 Å². The lowest BCUT2D eigenvalue weighted by atomic mass is 10.1. The first-order valence-electron chi connectivity index (χ1n) is 10.4. The molecule has 0 spiro atoms. The van der Waals surface area contributed by atoms with Crippen LogP contribution in [0.1, 0.15) is 36.3 Å². The molecule has 0 aliphatic carbocycles. The number of nitrogens with one attached hydrogen (secondary N) is 2. The van der Waals surface area contributed by atoms with E-state index in [-0.39, 0.29) is 12.4 Å². The van der Waals surface area contributed by atoms with Crippen molar-refractivity contribution in [1.82, 2.24) is 9.97 Å². The summed E-state index contributed by atoms with van der Waals surface area (Å²) >= 11 is 0. The Bertz CT molecular complexity index is 1030. The van der Waals surface area contributed by atoms with E-state index < -0.39 is 0 Å². The second-order valence-electron chi connectivity index (χ2n) is 7.23. The molecule has 0 atom stereocenters. The zero-order valence-electron chi connectivity index (χ0n) is 17.6. The number of methoxy groups -OCH3 is 1. The van der Waals surface area contributed by atoms with Gasteiger partial charge >= 0.3 is 0 Å². The highest BCUT2D eigenvalue weighted by Gasteiger charge is 2.17. The molecule has 5 nitrogen and oxygen atoms in total. The van der Waals surface area contributed by atoms with E-state index in [1.165, 1.54) is 5.69 Å². The Morgan fingerprint density at radius 2 is 1.84 bits per heavy atom. The van der Waals surface area contributed by atoms with Gasteiger partial charge in [-0.1, -0.05) is 18.2 Å². The van der Waals surface area contributed by atoms with E-state index in [4.69, 9.17) is 14.5 Å². The first kappa shape index (κ1) is 22.5. The predicted octanol–water partition coefficient (Wildman–Crippen LogP) is 5.93. The van der Waals surface area contributed by atoms with E-state index in [0.29, 0.717) is 0 Å². The summed E-state index contributed by atoms with van der Waals surface area (Å²) in [6.45, 7) is 0.763. The van der Waals surface area contributed by atoms with Gasteiger partial charge in [0.2, 0.25) is 0 Å². The number of aliphatic imine (C=N–C) groups is 1. The number of hydrogen-bond acceptors (Lipinski definition) is 3. The number of hydrogen-bond donors (Lipinski definition) is 2. The molecule has 1 aliphatic rings. The van der Waals surface area contributed by atoms with Gasteiger partial charge in [-0.3, -0.25) is 0 Å². The third-order valence-corrected chi connectivity index (χ3v) is 5.02. The average Bonchev–Trinajstić information content (AvgIpc) is 3.52. The molecule has 0 saturated carbocycles. The number of aromatic amines is 2. The van der Waals surface area contributed by atoms with Crippen LogP contribution in [0.2, 0.25) is 0 Å². The van der Waals surface area contributed by atoms with Crippen LogP contribution in [0.25, 0.3) is 6.08 Å². The molecule has 3 aromatic rings. The molecule has 162 valence electrons. The lowest BCUT2D eigenvalue weighted by Gasteiger charge is -2.05. The molecule has 2 aromatic heterocycles. The number of allylic oxidation sites excluding steroid dienone is 1. The monoisotopic (exact) mass is 437 g/mol. The minimum absolute atomic E-state index is 0. The van der Waals surface area contributed by atoms with Gasteiger partial charge in [-0.25, -0.2) is 4.99 Å². The van der Waals surface area contributed by atoms with E-state index in [1.807, 2.05) is 60.8 Å². The summed E-state index contributed by atoms with van der Waals surface area (Å²) in [7, 11) is 1.68. The number of H-pyrrole nitrogens is 2. The summed E-state index contributed by atoms with van der Waals surface area (Å²) in [5.74, 6) is 1.71. The number of halogens is 1. The molecule has 2 N–H and O–H groups in total. The van der Waals surface area contributed by atoms with Crippen LogP contribution in [0.5, 0.6) is 5.75 Å². The predicted molar refractivity (Wildman–Crippen MR) is 128 cm³/mol. The summed E-state index contributed by atoms with van der Waals surface area (Å²) in [6, 6.07) is 18.2. The number of benzene rings is 1. The summed E-state index contributed by atoms with van der Waals surface area (Å²) < 4.78 is 11.2. The molecular weight excluding hydrogens is 410 g/mol. The van der Waals surface area contributed by atoms with E-state index in [9.17, 15) is 0 Å². The normalized spacial score (nSPS) is 14.2. The molecule has 0 unspecified atom stereocenters. The Hall–Kier alpha value is -3.18. The maximum atomic E-state index is 5.75. The molecule has 4 rings (SSSR count). The Balaban J connectivity index is 0.00000272. The average molecular weight is 438 g/mol. The second-order valence-corrected chi connectivity index (χ2v) is 7.23. The van der Waals surface area contributed by atoms with Crippen LogP contribution in [0.15, 0.2) is 83.3 Å². The minimum atomic E-state index is 0. The molecule has 6 heteroatoms. The topological polar surface area (TPSA) is 62.4 Å². The molecule has 3 heterocycles. The van der Waals surface area contributed by atoms with Crippen molar-refractivity contribution >= 4 is 24.2 Å².